The van der Waals surface area contributed by atoms with Crippen molar-refractivity contribution >= 4 is 46.6 Å². The molecule has 0 bridgehead atoms. The van der Waals surface area contributed by atoms with Crippen LogP contribution in [0.25, 0.3) is 0 Å². The highest BCUT2D eigenvalue weighted by Gasteiger charge is 2.28. The minimum absolute atomic E-state index is 0.160. The minimum atomic E-state index is -0.338. The lowest BCUT2D eigenvalue weighted by Crippen LogP contribution is -2.22. The Morgan fingerprint density at radius 3 is 2.91 bits per heavy atom. The van der Waals surface area contributed by atoms with Crippen LogP contribution in [0, 0.1) is 0 Å². The monoisotopic (exact) mass is 356 g/mol. The van der Waals surface area contributed by atoms with Crippen LogP contribution in [0.1, 0.15) is 31.5 Å². The largest absolute Gasteiger partial charge is 0.324 e. The Bertz CT molecular complexity index is 702. The van der Waals surface area contributed by atoms with Crippen molar-refractivity contribution in [2.75, 3.05) is 5.32 Å². The number of carbonyl (C=O) groups is 1. The van der Waals surface area contributed by atoms with Gasteiger partial charge >= 0.3 is 0 Å². The molecule has 2 aromatic rings. The average Bonchev–Trinajstić information content (AvgIpc) is 3.22. The lowest BCUT2D eigenvalue weighted by molar-refractivity contribution is -0.115. The summed E-state index contributed by atoms with van der Waals surface area (Å²) in [6.07, 6.45) is 2.31. The lowest BCUT2D eigenvalue weighted by atomic mass is 10.3. The highest BCUT2D eigenvalue weighted by atomic mass is 35.5. The Labute approximate surface area is 142 Å². The van der Waals surface area contributed by atoms with E-state index in [4.69, 9.17) is 23.2 Å². The Morgan fingerprint density at radius 1 is 1.45 bits per heavy atom. The van der Waals surface area contributed by atoms with Crippen LogP contribution in [-0.2, 0) is 4.79 Å². The molecular weight excluding hydrogens is 343 g/mol. The molecule has 22 heavy (non-hydrogen) atoms. The second kappa shape index (κ2) is 6.48. The van der Waals surface area contributed by atoms with Gasteiger partial charge in [0.1, 0.15) is 5.82 Å². The maximum atomic E-state index is 12.2. The van der Waals surface area contributed by atoms with Gasteiger partial charge in [0.2, 0.25) is 11.1 Å². The van der Waals surface area contributed by atoms with E-state index >= 15 is 0 Å². The molecule has 116 valence electrons. The van der Waals surface area contributed by atoms with E-state index in [0.29, 0.717) is 26.8 Å². The third kappa shape index (κ3) is 3.74. The summed E-state index contributed by atoms with van der Waals surface area (Å²) in [7, 11) is 0. The summed E-state index contributed by atoms with van der Waals surface area (Å²) >= 11 is 13.2. The minimum Gasteiger partial charge on any atom is -0.324 e. The van der Waals surface area contributed by atoms with Gasteiger partial charge in [-0.2, -0.15) is 0 Å². The quantitative estimate of drug-likeness (QED) is 0.790. The number of H-pyrrole nitrogens is 1. The normalized spacial score (nSPS) is 15.6. The highest BCUT2D eigenvalue weighted by Crippen LogP contribution is 2.38. The molecule has 1 aliphatic carbocycles. The van der Waals surface area contributed by atoms with Crippen molar-refractivity contribution in [3.63, 3.8) is 0 Å². The molecule has 8 heteroatoms. The SMILES string of the molecule is CC(Sc1n[nH]c(C2CC2)n1)C(=O)Nc1ccc(Cl)cc1Cl. The van der Waals surface area contributed by atoms with E-state index < -0.39 is 0 Å². The zero-order valence-corrected chi connectivity index (χ0v) is 14.1. The first-order valence-electron chi connectivity index (χ1n) is 6.88. The molecule has 1 saturated carbocycles. The number of hydrogen-bond acceptors (Lipinski definition) is 4. The third-order valence-corrected chi connectivity index (χ3v) is 4.80. The van der Waals surface area contributed by atoms with E-state index in [0.717, 1.165) is 18.7 Å². The van der Waals surface area contributed by atoms with Crippen molar-refractivity contribution in [3.8, 4) is 0 Å². The van der Waals surface area contributed by atoms with Crippen LogP contribution in [-0.4, -0.2) is 26.3 Å². The molecule has 1 aromatic carbocycles. The van der Waals surface area contributed by atoms with Gasteiger partial charge in [-0.3, -0.25) is 9.89 Å². The Kier molecular flexibility index (Phi) is 4.61. The molecule has 5 nitrogen and oxygen atoms in total. The number of hydrogen-bond donors (Lipinski definition) is 2. The van der Waals surface area contributed by atoms with Gasteiger partial charge in [0.25, 0.3) is 0 Å². The molecule has 0 spiro atoms. The lowest BCUT2D eigenvalue weighted by Gasteiger charge is -2.11. The Morgan fingerprint density at radius 2 is 2.23 bits per heavy atom. The number of nitrogens with one attached hydrogen (secondary N) is 2. The van der Waals surface area contributed by atoms with Crippen molar-refractivity contribution in [1.29, 1.82) is 0 Å². The summed E-state index contributed by atoms with van der Waals surface area (Å²) in [6.45, 7) is 1.80. The van der Waals surface area contributed by atoms with Crippen molar-refractivity contribution in [2.24, 2.45) is 0 Å². The van der Waals surface area contributed by atoms with Crippen LogP contribution in [0.2, 0.25) is 10.0 Å². The molecule has 1 amide bonds. The fourth-order valence-electron chi connectivity index (χ4n) is 1.89. The summed E-state index contributed by atoms with van der Waals surface area (Å²) in [5.74, 6) is 1.27. The first-order valence-corrected chi connectivity index (χ1v) is 8.51. The molecule has 0 radical (unpaired) electrons. The number of benzene rings is 1. The van der Waals surface area contributed by atoms with Crippen LogP contribution < -0.4 is 5.32 Å². The van der Waals surface area contributed by atoms with Crippen molar-refractivity contribution in [1.82, 2.24) is 15.2 Å². The third-order valence-electron chi connectivity index (χ3n) is 3.29. The van der Waals surface area contributed by atoms with E-state index in [1.165, 1.54) is 11.8 Å². The Hall–Kier alpha value is -1.24. The fraction of sp³-hybridized carbons (Fsp3) is 0.357. The van der Waals surface area contributed by atoms with E-state index in [-0.39, 0.29) is 11.2 Å². The van der Waals surface area contributed by atoms with Gasteiger partial charge in [0.05, 0.1) is 16.0 Å². The number of amides is 1. The number of aromatic amines is 1. The first-order chi connectivity index (χ1) is 10.5. The van der Waals surface area contributed by atoms with Gasteiger partial charge in [-0.05, 0) is 38.0 Å². The van der Waals surface area contributed by atoms with Crippen LogP contribution in [0.5, 0.6) is 0 Å². The number of anilines is 1. The summed E-state index contributed by atoms with van der Waals surface area (Å²) in [4.78, 5) is 16.6. The maximum Gasteiger partial charge on any atom is 0.237 e. The molecule has 1 heterocycles. The summed E-state index contributed by atoms with van der Waals surface area (Å²) < 4.78 is 0. The molecule has 1 aliphatic rings. The van der Waals surface area contributed by atoms with E-state index in [1.807, 2.05) is 0 Å². The number of thioether (sulfide) groups is 1. The number of halogens is 2. The van der Waals surface area contributed by atoms with Gasteiger partial charge in [-0.1, -0.05) is 35.0 Å². The van der Waals surface area contributed by atoms with Gasteiger partial charge in [-0.15, -0.1) is 5.10 Å². The number of aromatic nitrogens is 3. The topological polar surface area (TPSA) is 70.7 Å². The van der Waals surface area contributed by atoms with Crippen LogP contribution >= 0.6 is 35.0 Å². The van der Waals surface area contributed by atoms with Crippen molar-refractivity contribution in [3.05, 3.63) is 34.1 Å². The number of nitrogens with zero attached hydrogens (tertiary/aromatic N) is 2. The van der Waals surface area contributed by atoms with Crippen LogP contribution in [0.15, 0.2) is 23.4 Å². The van der Waals surface area contributed by atoms with Gasteiger partial charge in [0, 0.05) is 10.9 Å². The summed E-state index contributed by atoms with van der Waals surface area (Å²) in [5.41, 5.74) is 0.539. The molecule has 1 fully saturated rings. The predicted octanol–water partition coefficient (Wildman–Crippen LogP) is 4.11. The molecule has 3 rings (SSSR count). The van der Waals surface area contributed by atoms with Crippen molar-refractivity contribution in [2.45, 2.75) is 36.1 Å². The maximum absolute atomic E-state index is 12.2. The van der Waals surface area contributed by atoms with Crippen LogP contribution in [0.4, 0.5) is 5.69 Å². The molecule has 1 atom stereocenters. The zero-order chi connectivity index (χ0) is 15.7. The predicted molar refractivity (Wildman–Crippen MR) is 88.8 cm³/mol. The standard InChI is InChI=1S/C14H14Cl2N4OS/c1-7(22-14-18-12(19-20-14)8-2-3-8)13(21)17-11-5-4-9(15)6-10(11)16/h4-8H,2-3H2,1H3,(H,17,21)(H,18,19,20). The van der Waals surface area contributed by atoms with E-state index in [1.54, 1.807) is 25.1 Å². The summed E-state index contributed by atoms with van der Waals surface area (Å²) in [5, 5.41) is 11.0. The zero-order valence-electron chi connectivity index (χ0n) is 11.8. The van der Waals surface area contributed by atoms with Gasteiger partial charge in [0.15, 0.2) is 0 Å². The first kappa shape index (κ1) is 15.6. The molecule has 0 aliphatic heterocycles. The molecule has 1 aromatic heterocycles. The average molecular weight is 357 g/mol. The van der Waals surface area contributed by atoms with E-state index in [9.17, 15) is 4.79 Å². The van der Waals surface area contributed by atoms with Crippen molar-refractivity contribution < 1.29 is 4.79 Å². The van der Waals surface area contributed by atoms with Crippen LogP contribution in [0.3, 0.4) is 0 Å². The molecular formula is C14H14Cl2N4OS. The fourth-order valence-corrected chi connectivity index (χ4v) is 3.07. The molecule has 2 N–H and O–H groups in total. The second-order valence-corrected chi connectivity index (χ2v) is 7.30. The molecule has 1 unspecified atom stereocenters. The van der Waals surface area contributed by atoms with Gasteiger partial charge in [-0.25, -0.2) is 4.98 Å². The Balaban J connectivity index is 1.60. The molecule has 0 saturated heterocycles. The summed E-state index contributed by atoms with van der Waals surface area (Å²) in [6, 6.07) is 4.95. The van der Waals surface area contributed by atoms with Gasteiger partial charge < -0.3 is 5.32 Å². The number of rotatable bonds is 5. The smallest absolute Gasteiger partial charge is 0.237 e. The number of carbonyl (C=O) groups excluding carboxylic acids is 1. The highest BCUT2D eigenvalue weighted by molar-refractivity contribution is 8.00. The second-order valence-electron chi connectivity index (χ2n) is 5.15. The van der Waals surface area contributed by atoms with E-state index in [2.05, 4.69) is 20.5 Å².